The van der Waals surface area contributed by atoms with Crippen LogP contribution in [0.3, 0.4) is 0 Å². The van der Waals surface area contributed by atoms with E-state index < -0.39 is 52.2 Å². The molecule has 3 aromatic rings. The van der Waals surface area contributed by atoms with Gasteiger partial charge in [0.2, 0.25) is 15.6 Å². The number of hydrogen-bond acceptors (Lipinski definition) is 8. The Labute approximate surface area is 248 Å². The first-order valence-corrected chi connectivity index (χ1v) is 14.5. The number of benzene rings is 2. The molecule has 4 rings (SSSR count). The number of nitrogens with zero attached hydrogens (tertiary/aromatic N) is 3. The molecule has 1 aliphatic heterocycles. The lowest BCUT2D eigenvalue weighted by Gasteiger charge is -2.42. The van der Waals surface area contributed by atoms with Gasteiger partial charge in [0.25, 0.3) is 0 Å². The number of carbonyl (C=O) groups excluding carboxylic acids is 1. The largest absolute Gasteiger partial charge is 0.490 e. The number of sulfonamides is 1. The van der Waals surface area contributed by atoms with Crippen LogP contribution in [0.25, 0.3) is 0 Å². The van der Waals surface area contributed by atoms with Crippen molar-refractivity contribution >= 4 is 34.3 Å². The Morgan fingerprint density at radius 1 is 0.977 bits per heavy atom. The van der Waals surface area contributed by atoms with Crippen LogP contribution >= 0.6 is 12.6 Å². The van der Waals surface area contributed by atoms with Gasteiger partial charge in [-0.1, -0.05) is 24.3 Å². The molecule has 0 aliphatic carbocycles. The molecule has 232 valence electrons. The number of thiol groups is 1. The number of piperazine rings is 1. The number of hydrogen-bond donors (Lipinski definition) is 2. The number of aliphatic hydroxyl groups is 1. The van der Waals surface area contributed by atoms with Crippen LogP contribution in [-0.2, 0) is 31.6 Å². The van der Waals surface area contributed by atoms with Crippen LogP contribution in [0, 0.1) is 0 Å². The van der Waals surface area contributed by atoms with Crippen molar-refractivity contribution in [3.05, 3.63) is 84.2 Å². The lowest BCUT2D eigenvalue weighted by atomic mass is 9.93. The van der Waals surface area contributed by atoms with Crippen molar-refractivity contribution < 1.29 is 49.4 Å². The Morgan fingerprint density at radius 3 is 2.19 bits per heavy atom. The molecule has 2 atom stereocenters. The Balaban J connectivity index is 1.63. The first-order valence-electron chi connectivity index (χ1n) is 12.6. The Bertz CT molecular complexity index is 1540. The van der Waals surface area contributed by atoms with Gasteiger partial charge in [0.1, 0.15) is 6.61 Å². The van der Waals surface area contributed by atoms with Gasteiger partial charge in [-0.2, -0.15) is 30.6 Å². The minimum absolute atomic E-state index is 0.00834. The van der Waals surface area contributed by atoms with E-state index in [-0.39, 0.29) is 29.4 Å². The van der Waals surface area contributed by atoms with Gasteiger partial charge in [-0.25, -0.2) is 13.2 Å². The number of halogens is 6. The van der Waals surface area contributed by atoms with Gasteiger partial charge in [0.15, 0.2) is 0 Å². The maximum absolute atomic E-state index is 13.8. The zero-order chi connectivity index (χ0) is 31.6. The second-order valence-corrected chi connectivity index (χ2v) is 12.1. The van der Waals surface area contributed by atoms with Gasteiger partial charge in [-0.05, 0) is 53.9 Å². The number of alkyl halides is 6. The van der Waals surface area contributed by atoms with Crippen molar-refractivity contribution in [3.63, 3.8) is 0 Å². The van der Waals surface area contributed by atoms with E-state index in [2.05, 4.69) is 22.3 Å². The minimum Gasteiger partial charge on any atom is -0.455 e. The molecule has 0 radical (unpaired) electrons. The number of carbonyl (C=O) groups is 1. The highest BCUT2D eigenvalue weighted by Gasteiger charge is 2.57. The third-order valence-electron chi connectivity index (χ3n) is 6.94. The number of rotatable bonds is 8. The molecule has 43 heavy (non-hydrogen) atoms. The zero-order valence-electron chi connectivity index (χ0n) is 22.1. The average Bonchev–Trinajstić information content (AvgIpc) is 2.95. The molecule has 1 N–H and O–H groups in total. The highest BCUT2D eigenvalue weighted by Crippen LogP contribution is 2.40. The van der Waals surface area contributed by atoms with Crippen LogP contribution in [0.5, 0.6) is 0 Å². The van der Waals surface area contributed by atoms with Crippen molar-refractivity contribution in [2.45, 2.75) is 40.2 Å². The highest BCUT2D eigenvalue weighted by molar-refractivity contribution is 7.90. The van der Waals surface area contributed by atoms with Crippen molar-refractivity contribution in [3.8, 4) is 0 Å². The Kier molecular flexibility index (Phi) is 9.35. The number of anilines is 1. The molecule has 0 spiro atoms. The lowest BCUT2D eigenvalue weighted by Crippen LogP contribution is -2.55. The topological polar surface area (TPSA) is 100 Å². The van der Waals surface area contributed by atoms with Gasteiger partial charge in [0, 0.05) is 48.7 Å². The van der Waals surface area contributed by atoms with Gasteiger partial charge in [0.05, 0.1) is 4.90 Å². The lowest BCUT2D eigenvalue weighted by molar-refractivity contribution is -0.283. The number of ether oxygens (including phenoxy) is 1. The summed E-state index contributed by atoms with van der Waals surface area (Å²) < 4.78 is 111. The number of esters is 1. The van der Waals surface area contributed by atoms with Crippen molar-refractivity contribution in [1.29, 1.82) is 0 Å². The maximum Gasteiger partial charge on any atom is 0.490 e. The van der Waals surface area contributed by atoms with Crippen LogP contribution in [0.4, 0.5) is 32.0 Å². The van der Waals surface area contributed by atoms with E-state index in [1.807, 2.05) is 0 Å². The van der Waals surface area contributed by atoms with E-state index in [0.29, 0.717) is 12.1 Å². The zero-order valence-corrected chi connectivity index (χ0v) is 23.8. The molecular formula is C27H25F6N3O5S2. The van der Waals surface area contributed by atoms with Crippen molar-refractivity contribution in [2.75, 3.05) is 31.1 Å². The molecule has 1 fully saturated rings. The van der Waals surface area contributed by atoms with Crippen LogP contribution in [0.1, 0.15) is 11.1 Å². The molecule has 2 heterocycles. The second-order valence-electron chi connectivity index (χ2n) is 9.72. The summed E-state index contributed by atoms with van der Waals surface area (Å²) >= 11 is 4.27. The normalized spacial score (nSPS) is 18.2. The molecule has 0 unspecified atom stereocenters. The van der Waals surface area contributed by atoms with Gasteiger partial charge in [-0.15, -0.1) is 12.6 Å². The predicted octanol–water partition coefficient (Wildman–Crippen LogP) is 4.35. The smallest absolute Gasteiger partial charge is 0.455 e. The van der Waals surface area contributed by atoms with E-state index in [0.717, 1.165) is 17.7 Å². The third-order valence-corrected chi connectivity index (χ3v) is 9.40. The molecule has 8 nitrogen and oxygen atoms in total. The van der Waals surface area contributed by atoms with Crippen LogP contribution in [0.2, 0.25) is 0 Å². The molecule has 2 aromatic carbocycles. The number of pyridine rings is 1. The fraction of sp³-hybridized carbons (Fsp3) is 0.333. The van der Waals surface area contributed by atoms with Crippen LogP contribution in [-0.4, -0.2) is 73.4 Å². The molecule has 0 saturated carbocycles. The van der Waals surface area contributed by atoms with E-state index in [1.165, 1.54) is 22.5 Å². The quantitative estimate of drug-likeness (QED) is 0.213. The molecule has 0 amide bonds. The predicted molar refractivity (Wildman–Crippen MR) is 145 cm³/mol. The van der Waals surface area contributed by atoms with E-state index in [1.54, 1.807) is 47.6 Å². The standard InChI is InChI=1S/C27H25F6N3O5S2/c28-26(29,30)24(37)41-17-25(38,27(31,32)33)19-5-7-20(8-6-19)36-14-13-35(16-21(36)15-18-9-11-34-12-10-18)43(39,40)23-4-2-1-3-22(23)42/h1-12,21,38,42H,13-17H2/t21-,25-/m1/s1. The third kappa shape index (κ3) is 7.08. The summed E-state index contributed by atoms with van der Waals surface area (Å²) in [6.07, 6.45) is -7.59. The Morgan fingerprint density at radius 2 is 1.60 bits per heavy atom. The monoisotopic (exact) mass is 649 g/mol. The van der Waals surface area contributed by atoms with E-state index in [4.69, 9.17) is 0 Å². The van der Waals surface area contributed by atoms with Crippen LogP contribution in [0.15, 0.2) is 82.8 Å². The first kappa shape index (κ1) is 32.6. The second kappa shape index (κ2) is 12.3. The fourth-order valence-corrected chi connectivity index (χ4v) is 6.73. The minimum atomic E-state index is -5.55. The van der Waals surface area contributed by atoms with Gasteiger partial charge in [-0.3, -0.25) is 4.98 Å². The molecule has 0 bridgehead atoms. The number of aromatic nitrogens is 1. The summed E-state index contributed by atoms with van der Waals surface area (Å²) in [4.78, 5) is 17.1. The van der Waals surface area contributed by atoms with E-state index >= 15 is 0 Å². The Hall–Kier alpha value is -3.34. The molecule has 1 aliphatic rings. The maximum atomic E-state index is 13.8. The summed E-state index contributed by atoms with van der Waals surface area (Å²) in [5, 5.41) is 10.4. The SMILES string of the molecule is O=C(OC[C@@](O)(c1ccc(N2CCN(S(=O)(=O)c3ccccc3S)C[C@H]2Cc2ccncc2)cc1)C(F)(F)F)C(F)(F)F. The average molecular weight is 650 g/mol. The highest BCUT2D eigenvalue weighted by atomic mass is 32.2. The summed E-state index contributed by atoms with van der Waals surface area (Å²) in [5.74, 6) is -2.88. The molecule has 1 saturated heterocycles. The van der Waals surface area contributed by atoms with Crippen molar-refractivity contribution in [1.82, 2.24) is 9.29 Å². The summed E-state index contributed by atoms with van der Waals surface area (Å²) in [5.41, 5.74) is -3.59. The van der Waals surface area contributed by atoms with Crippen molar-refractivity contribution in [2.24, 2.45) is 0 Å². The fourth-order valence-electron chi connectivity index (χ4n) is 4.67. The molecular weight excluding hydrogens is 624 g/mol. The summed E-state index contributed by atoms with van der Waals surface area (Å²) in [6.45, 7) is -1.84. The van der Waals surface area contributed by atoms with Gasteiger partial charge < -0.3 is 14.7 Å². The first-order chi connectivity index (χ1) is 20.0. The molecule has 1 aromatic heterocycles. The molecule has 16 heteroatoms. The van der Waals surface area contributed by atoms with Crippen LogP contribution < -0.4 is 4.90 Å². The summed E-state index contributed by atoms with van der Waals surface area (Å²) in [7, 11) is -3.95. The van der Waals surface area contributed by atoms with E-state index in [9.17, 15) is 44.7 Å². The van der Waals surface area contributed by atoms with Gasteiger partial charge >= 0.3 is 18.3 Å². The summed E-state index contributed by atoms with van der Waals surface area (Å²) in [6, 6.07) is 13.4.